The molecule has 1 unspecified atom stereocenters. The zero-order valence-corrected chi connectivity index (χ0v) is 11.0. The van der Waals surface area contributed by atoms with Crippen molar-refractivity contribution in [1.82, 2.24) is 9.97 Å². The highest BCUT2D eigenvalue weighted by atomic mass is 79.9. The average molecular weight is 335 g/mol. The Hall–Kier alpha value is -0.490. The Morgan fingerprint density at radius 2 is 2.33 bits per heavy atom. The second kappa shape index (κ2) is 4.57. The molecule has 1 atom stereocenters. The summed E-state index contributed by atoms with van der Waals surface area (Å²) in [7, 11) is 0. The summed E-state index contributed by atoms with van der Waals surface area (Å²) in [6.45, 7) is 0.730. The highest BCUT2D eigenvalue weighted by Gasteiger charge is 2.30. The van der Waals surface area contributed by atoms with Crippen LogP contribution in [0.2, 0.25) is 0 Å². The van der Waals surface area contributed by atoms with Gasteiger partial charge in [0.1, 0.15) is 16.7 Å². The van der Waals surface area contributed by atoms with Gasteiger partial charge in [0.15, 0.2) is 0 Å². The minimum atomic E-state index is 0.130. The Labute approximate surface area is 104 Å². The van der Waals surface area contributed by atoms with Crippen LogP contribution in [0.25, 0.3) is 0 Å². The summed E-state index contributed by atoms with van der Waals surface area (Å²) in [5.74, 6) is 1.18. The first-order valence-electron chi connectivity index (χ1n) is 4.54. The van der Waals surface area contributed by atoms with Crippen molar-refractivity contribution in [3.05, 3.63) is 17.0 Å². The smallest absolute Gasteiger partial charge is 0.228 e. The molecule has 1 aromatic rings. The lowest BCUT2D eigenvalue weighted by Gasteiger charge is -2.14. The second-order valence-corrected chi connectivity index (χ2v) is 4.89. The van der Waals surface area contributed by atoms with Crippen molar-refractivity contribution in [3.63, 3.8) is 0 Å². The number of alkyl halides is 1. The van der Waals surface area contributed by atoms with Crippen LogP contribution < -0.4 is 4.90 Å². The van der Waals surface area contributed by atoms with E-state index in [2.05, 4.69) is 41.8 Å². The van der Waals surface area contributed by atoms with Crippen LogP contribution in [0, 0.1) is 5.92 Å². The molecule has 0 aromatic carbocycles. The van der Waals surface area contributed by atoms with Crippen molar-refractivity contribution in [2.45, 2.75) is 6.42 Å². The third-order valence-corrected chi connectivity index (χ3v) is 3.67. The van der Waals surface area contributed by atoms with E-state index in [1.165, 1.54) is 6.33 Å². The van der Waals surface area contributed by atoms with Crippen molar-refractivity contribution in [1.29, 1.82) is 0 Å². The van der Waals surface area contributed by atoms with Crippen molar-refractivity contribution in [3.8, 4) is 0 Å². The molecule has 0 N–H and O–H groups in total. The van der Waals surface area contributed by atoms with Crippen molar-refractivity contribution >= 4 is 43.6 Å². The first-order chi connectivity index (χ1) is 7.20. The molecule has 6 heteroatoms. The van der Waals surface area contributed by atoms with E-state index in [-0.39, 0.29) is 5.91 Å². The fraction of sp³-hybridized carbons (Fsp3) is 0.444. The summed E-state index contributed by atoms with van der Waals surface area (Å²) in [4.78, 5) is 21.4. The van der Waals surface area contributed by atoms with E-state index < -0.39 is 0 Å². The van der Waals surface area contributed by atoms with Gasteiger partial charge in [0.25, 0.3) is 0 Å². The van der Waals surface area contributed by atoms with Gasteiger partial charge in [-0.2, -0.15) is 0 Å². The van der Waals surface area contributed by atoms with E-state index in [1.54, 1.807) is 11.0 Å². The number of carbonyl (C=O) groups is 1. The quantitative estimate of drug-likeness (QED) is 0.613. The molecule has 1 saturated heterocycles. The van der Waals surface area contributed by atoms with Crippen molar-refractivity contribution < 1.29 is 4.79 Å². The molecule has 1 amide bonds. The van der Waals surface area contributed by atoms with Gasteiger partial charge in [0.2, 0.25) is 5.91 Å². The first-order valence-corrected chi connectivity index (χ1v) is 6.46. The SMILES string of the molecule is O=C1CC(CBr)CN1c1cc(Br)ncn1. The average Bonchev–Trinajstić information content (AvgIpc) is 2.60. The number of halogens is 2. The van der Waals surface area contributed by atoms with Crippen LogP contribution in [0.15, 0.2) is 17.0 Å². The van der Waals surface area contributed by atoms with Crippen LogP contribution >= 0.6 is 31.9 Å². The maximum Gasteiger partial charge on any atom is 0.228 e. The van der Waals surface area contributed by atoms with Gasteiger partial charge in [-0.05, 0) is 21.8 Å². The number of anilines is 1. The highest BCUT2D eigenvalue weighted by Crippen LogP contribution is 2.25. The Morgan fingerprint density at radius 3 is 2.93 bits per heavy atom. The van der Waals surface area contributed by atoms with Crippen LogP contribution in [-0.2, 0) is 4.79 Å². The number of aromatic nitrogens is 2. The Balaban J connectivity index is 2.21. The molecule has 4 nitrogen and oxygen atoms in total. The Morgan fingerprint density at radius 1 is 1.53 bits per heavy atom. The lowest BCUT2D eigenvalue weighted by Crippen LogP contribution is -2.25. The van der Waals surface area contributed by atoms with Crippen molar-refractivity contribution in [2.24, 2.45) is 5.92 Å². The molecule has 15 heavy (non-hydrogen) atoms. The summed E-state index contributed by atoms with van der Waals surface area (Å²) in [6, 6.07) is 1.76. The normalized spacial score (nSPS) is 21.1. The molecule has 0 saturated carbocycles. The van der Waals surface area contributed by atoms with Gasteiger partial charge >= 0.3 is 0 Å². The molecule has 80 valence electrons. The number of hydrogen-bond acceptors (Lipinski definition) is 3. The van der Waals surface area contributed by atoms with Gasteiger partial charge in [-0.1, -0.05) is 15.9 Å². The number of amides is 1. The molecule has 1 fully saturated rings. The van der Waals surface area contributed by atoms with E-state index in [9.17, 15) is 4.79 Å². The lowest BCUT2D eigenvalue weighted by molar-refractivity contribution is -0.117. The predicted molar refractivity (Wildman–Crippen MR) is 64.0 cm³/mol. The molecule has 1 aromatic heterocycles. The molecule has 1 aliphatic heterocycles. The molecule has 2 rings (SSSR count). The third-order valence-electron chi connectivity index (χ3n) is 2.32. The molecular weight excluding hydrogens is 326 g/mol. The first kappa shape index (κ1) is 11.0. The summed E-state index contributed by atoms with van der Waals surface area (Å²) in [5.41, 5.74) is 0. The van der Waals surface area contributed by atoms with Crippen LogP contribution in [-0.4, -0.2) is 27.7 Å². The minimum absolute atomic E-state index is 0.130. The monoisotopic (exact) mass is 333 g/mol. The Bertz CT molecular complexity index is 385. The van der Waals surface area contributed by atoms with E-state index in [4.69, 9.17) is 0 Å². The van der Waals surface area contributed by atoms with Crippen LogP contribution in [0.4, 0.5) is 5.82 Å². The van der Waals surface area contributed by atoms with Gasteiger partial charge in [0.05, 0.1) is 0 Å². The topological polar surface area (TPSA) is 46.1 Å². The second-order valence-electron chi connectivity index (χ2n) is 3.43. The van der Waals surface area contributed by atoms with Crippen LogP contribution in [0.3, 0.4) is 0 Å². The largest absolute Gasteiger partial charge is 0.296 e. The lowest BCUT2D eigenvalue weighted by atomic mass is 10.2. The third kappa shape index (κ3) is 2.36. The van der Waals surface area contributed by atoms with E-state index >= 15 is 0 Å². The summed E-state index contributed by atoms with van der Waals surface area (Å²) in [5, 5.41) is 0.849. The van der Waals surface area contributed by atoms with E-state index in [0.29, 0.717) is 22.8 Å². The Kier molecular flexibility index (Phi) is 3.35. The van der Waals surface area contributed by atoms with Crippen molar-refractivity contribution in [2.75, 3.05) is 16.8 Å². The van der Waals surface area contributed by atoms with Crippen LogP contribution in [0.5, 0.6) is 0 Å². The molecule has 1 aliphatic rings. The highest BCUT2D eigenvalue weighted by molar-refractivity contribution is 9.10. The molecule has 0 radical (unpaired) electrons. The van der Waals surface area contributed by atoms with Crippen LogP contribution in [0.1, 0.15) is 6.42 Å². The van der Waals surface area contributed by atoms with E-state index in [0.717, 1.165) is 11.9 Å². The fourth-order valence-corrected chi connectivity index (χ4v) is 2.31. The fourth-order valence-electron chi connectivity index (χ4n) is 1.58. The minimum Gasteiger partial charge on any atom is -0.296 e. The number of rotatable bonds is 2. The van der Waals surface area contributed by atoms with E-state index in [1.807, 2.05) is 0 Å². The maximum absolute atomic E-state index is 11.7. The van der Waals surface area contributed by atoms with Gasteiger partial charge in [0, 0.05) is 24.4 Å². The standard InChI is InChI=1S/C9H9Br2N3O/c10-3-6-1-9(15)14(4-6)8-2-7(11)12-5-13-8/h2,5-6H,1,3-4H2. The summed E-state index contributed by atoms with van der Waals surface area (Å²) in [6.07, 6.45) is 2.04. The predicted octanol–water partition coefficient (Wildman–Crippen LogP) is 1.99. The number of carbonyl (C=O) groups excluding carboxylic acids is 1. The molecular formula is C9H9Br2N3O. The van der Waals surface area contributed by atoms with Gasteiger partial charge < -0.3 is 0 Å². The maximum atomic E-state index is 11.7. The van der Waals surface area contributed by atoms with Gasteiger partial charge in [-0.15, -0.1) is 0 Å². The summed E-state index contributed by atoms with van der Waals surface area (Å²) < 4.78 is 0.697. The molecule has 2 heterocycles. The molecule has 0 bridgehead atoms. The zero-order chi connectivity index (χ0) is 10.8. The summed E-state index contributed by atoms with van der Waals surface area (Å²) >= 11 is 6.66. The molecule has 0 spiro atoms. The zero-order valence-electron chi connectivity index (χ0n) is 7.86. The van der Waals surface area contributed by atoms with Gasteiger partial charge in [-0.3, -0.25) is 9.69 Å². The number of hydrogen-bond donors (Lipinski definition) is 0. The number of nitrogens with zero attached hydrogens (tertiary/aromatic N) is 3. The van der Waals surface area contributed by atoms with Gasteiger partial charge in [-0.25, -0.2) is 9.97 Å². The molecule has 0 aliphatic carbocycles.